The van der Waals surface area contributed by atoms with Crippen molar-refractivity contribution in [2.75, 3.05) is 31.8 Å². The molecule has 1 aromatic carbocycles. The minimum atomic E-state index is -0.333. The lowest BCUT2D eigenvalue weighted by Gasteiger charge is -2.26. The largest absolute Gasteiger partial charge is 0.491 e. The standard InChI is InChI=1S/C21H23FN4O3/c1-14(27)18-13-23-26-7-5-20(24-21(18)26)25-6-3-4-19(25)15-10-16(22)12-17(11-15)29-9-8-28-2/h5,7,10-13,19H,3-4,6,8-9H2,1-2H3/t19-/m1/s1. The fourth-order valence-electron chi connectivity index (χ4n) is 3.76. The second-order valence-electron chi connectivity index (χ2n) is 7.08. The average molecular weight is 398 g/mol. The summed E-state index contributed by atoms with van der Waals surface area (Å²) in [6.45, 7) is 3.10. The highest BCUT2D eigenvalue weighted by Crippen LogP contribution is 2.37. The third kappa shape index (κ3) is 3.93. The molecule has 0 N–H and O–H groups in total. The SMILES string of the molecule is COCCOc1cc(F)cc([C@H]2CCCN2c2ccn3ncc(C(C)=O)c3n2)c1. The summed E-state index contributed by atoms with van der Waals surface area (Å²) in [6.07, 6.45) is 5.18. The monoisotopic (exact) mass is 398 g/mol. The van der Waals surface area contributed by atoms with Gasteiger partial charge in [-0.05, 0) is 43.5 Å². The molecule has 1 atom stereocenters. The van der Waals surface area contributed by atoms with Gasteiger partial charge in [0.25, 0.3) is 0 Å². The Bertz CT molecular complexity index is 1040. The number of ketones is 1. The molecule has 0 amide bonds. The molecule has 3 aromatic rings. The molecule has 152 valence electrons. The molecule has 4 rings (SSSR count). The molecule has 8 heteroatoms. The molecule has 0 saturated carbocycles. The molecule has 1 aliphatic heterocycles. The van der Waals surface area contributed by atoms with Crippen molar-refractivity contribution in [3.63, 3.8) is 0 Å². The number of fused-ring (bicyclic) bond motifs is 1. The van der Waals surface area contributed by atoms with Crippen LogP contribution in [0.15, 0.2) is 36.7 Å². The number of nitrogens with zero attached hydrogens (tertiary/aromatic N) is 4. The Morgan fingerprint density at radius 3 is 2.97 bits per heavy atom. The Kier molecular flexibility index (Phi) is 5.44. The smallest absolute Gasteiger partial charge is 0.168 e. The molecule has 0 unspecified atom stereocenters. The zero-order valence-electron chi connectivity index (χ0n) is 16.5. The second kappa shape index (κ2) is 8.16. The Morgan fingerprint density at radius 1 is 1.31 bits per heavy atom. The Balaban J connectivity index is 1.65. The van der Waals surface area contributed by atoms with Crippen LogP contribution in [0.4, 0.5) is 10.2 Å². The lowest BCUT2D eigenvalue weighted by atomic mass is 10.0. The van der Waals surface area contributed by atoms with E-state index < -0.39 is 0 Å². The molecule has 0 aliphatic carbocycles. The van der Waals surface area contributed by atoms with E-state index in [0.717, 1.165) is 30.8 Å². The highest BCUT2D eigenvalue weighted by molar-refractivity contribution is 5.99. The summed E-state index contributed by atoms with van der Waals surface area (Å²) in [5.74, 6) is 0.821. The van der Waals surface area contributed by atoms with Crippen LogP contribution in [0, 0.1) is 5.82 Å². The van der Waals surface area contributed by atoms with Crippen LogP contribution < -0.4 is 9.64 Å². The average Bonchev–Trinajstić information content (AvgIpc) is 3.34. The summed E-state index contributed by atoms with van der Waals surface area (Å²) < 4.78 is 26.4. The lowest BCUT2D eigenvalue weighted by Crippen LogP contribution is -2.24. The summed E-state index contributed by atoms with van der Waals surface area (Å²) >= 11 is 0. The molecule has 1 fully saturated rings. The summed E-state index contributed by atoms with van der Waals surface area (Å²) in [4.78, 5) is 18.7. The van der Waals surface area contributed by atoms with Crippen LogP contribution in [-0.4, -0.2) is 47.2 Å². The molecule has 3 heterocycles. The first-order valence-corrected chi connectivity index (χ1v) is 9.61. The van der Waals surface area contributed by atoms with E-state index in [2.05, 4.69) is 15.0 Å². The maximum Gasteiger partial charge on any atom is 0.168 e. The summed E-state index contributed by atoms with van der Waals surface area (Å²) in [7, 11) is 1.60. The lowest BCUT2D eigenvalue weighted by molar-refractivity contribution is 0.101. The number of hydrogen-bond donors (Lipinski definition) is 0. The Morgan fingerprint density at radius 2 is 2.17 bits per heavy atom. The number of aromatic nitrogens is 3. The van der Waals surface area contributed by atoms with E-state index in [9.17, 15) is 9.18 Å². The van der Waals surface area contributed by atoms with Gasteiger partial charge in [0.05, 0.1) is 24.4 Å². The van der Waals surface area contributed by atoms with Crippen molar-refractivity contribution in [2.24, 2.45) is 0 Å². The number of ether oxygens (including phenoxy) is 2. The van der Waals surface area contributed by atoms with Gasteiger partial charge in [-0.1, -0.05) is 0 Å². The maximum atomic E-state index is 14.2. The fraction of sp³-hybridized carbons (Fsp3) is 0.381. The van der Waals surface area contributed by atoms with Gasteiger partial charge in [0.2, 0.25) is 0 Å². The Labute approximate surface area is 168 Å². The number of anilines is 1. The molecule has 0 spiro atoms. The van der Waals surface area contributed by atoms with Crippen LogP contribution in [0.1, 0.15) is 41.7 Å². The number of benzene rings is 1. The van der Waals surface area contributed by atoms with E-state index in [0.29, 0.717) is 30.2 Å². The normalized spacial score (nSPS) is 16.5. The van der Waals surface area contributed by atoms with Crippen molar-refractivity contribution < 1.29 is 18.7 Å². The summed E-state index contributed by atoms with van der Waals surface area (Å²) in [5.41, 5.74) is 1.86. The number of carbonyl (C=O) groups is 1. The van der Waals surface area contributed by atoms with Crippen LogP contribution in [0.25, 0.3) is 5.65 Å². The van der Waals surface area contributed by atoms with E-state index in [1.165, 1.54) is 19.2 Å². The molecule has 1 aliphatic rings. The van der Waals surface area contributed by atoms with E-state index in [-0.39, 0.29) is 17.6 Å². The second-order valence-corrected chi connectivity index (χ2v) is 7.08. The number of halogens is 1. The van der Waals surface area contributed by atoms with Gasteiger partial charge in [-0.3, -0.25) is 4.79 Å². The van der Waals surface area contributed by atoms with Crippen LogP contribution in [0.2, 0.25) is 0 Å². The summed E-state index contributed by atoms with van der Waals surface area (Å²) in [5, 5.41) is 4.18. The van der Waals surface area contributed by atoms with Crippen LogP contribution >= 0.6 is 0 Å². The van der Waals surface area contributed by atoms with Gasteiger partial charge in [0.15, 0.2) is 11.4 Å². The Hall–Kier alpha value is -3.00. The first-order valence-electron chi connectivity index (χ1n) is 9.61. The van der Waals surface area contributed by atoms with Gasteiger partial charge >= 0.3 is 0 Å². The highest BCUT2D eigenvalue weighted by atomic mass is 19.1. The van der Waals surface area contributed by atoms with Gasteiger partial charge in [-0.15, -0.1) is 0 Å². The molecule has 0 bridgehead atoms. The topological polar surface area (TPSA) is 69.0 Å². The van der Waals surface area contributed by atoms with E-state index in [1.807, 2.05) is 12.1 Å². The van der Waals surface area contributed by atoms with Crippen molar-refractivity contribution in [1.82, 2.24) is 14.6 Å². The van der Waals surface area contributed by atoms with E-state index >= 15 is 0 Å². The molecule has 29 heavy (non-hydrogen) atoms. The first kappa shape index (κ1) is 19.3. The van der Waals surface area contributed by atoms with Crippen LogP contribution in [0.5, 0.6) is 5.75 Å². The highest BCUT2D eigenvalue weighted by Gasteiger charge is 2.28. The van der Waals surface area contributed by atoms with Crippen LogP contribution in [0.3, 0.4) is 0 Å². The number of hydrogen-bond acceptors (Lipinski definition) is 6. The third-order valence-electron chi connectivity index (χ3n) is 5.12. The van der Waals surface area contributed by atoms with E-state index in [1.54, 1.807) is 23.9 Å². The van der Waals surface area contributed by atoms with Crippen molar-refractivity contribution in [2.45, 2.75) is 25.8 Å². The number of carbonyl (C=O) groups excluding carboxylic acids is 1. The van der Waals surface area contributed by atoms with Gasteiger partial charge in [0.1, 0.15) is 24.0 Å². The minimum absolute atomic E-state index is 0.0193. The number of Topliss-reactive ketones (excluding diaryl/α,β-unsaturated/α-hetero) is 1. The quantitative estimate of drug-likeness (QED) is 0.449. The van der Waals surface area contributed by atoms with Gasteiger partial charge in [0, 0.05) is 25.9 Å². The van der Waals surface area contributed by atoms with Crippen molar-refractivity contribution >= 4 is 17.2 Å². The number of methoxy groups -OCH3 is 1. The zero-order valence-corrected chi connectivity index (χ0v) is 16.5. The van der Waals surface area contributed by atoms with Crippen molar-refractivity contribution in [1.29, 1.82) is 0 Å². The zero-order chi connectivity index (χ0) is 20.4. The van der Waals surface area contributed by atoms with Crippen molar-refractivity contribution in [3.8, 4) is 5.75 Å². The molecular weight excluding hydrogens is 375 g/mol. The van der Waals surface area contributed by atoms with Crippen LogP contribution in [-0.2, 0) is 4.74 Å². The maximum absolute atomic E-state index is 14.2. The molecule has 2 aromatic heterocycles. The third-order valence-corrected chi connectivity index (χ3v) is 5.12. The van der Waals surface area contributed by atoms with E-state index in [4.69, 9.17) is 9.47 Å². The van der Waals surface area contributed by atoms with Gasteiger partial charge in [-0.2, -0.15) is 5.10 Å². The summed E-state index contributed by atoms with van der Waals surface area (Å²) in [6, 6.07) is 6.66. The predicted octanol–water partition coefficient (Wildman–Crippen LogP) is 3.44. The first-order chi connectivity index (χ1) is 14.1. The van der Waals surface area contributed by atoms with Gasteiger partial charge < -0.3 is 14.4 Å². The fourth-order valence-corrected chi connectivity index (χ4v) is 3.76. The minimum Gasteiger partial charge on any atom is -0.491 e. The van der Waals surface area contributed by atoms with Crippen molar-refractivity contribution in [3.05, 3.63) is 53.6 Å². The molecule has 1 saturated heterocycles. The molecular formula is C21H23FN4O3. The predicted molar refractivity (Wildman–Crippen MR) is 106 cm³/mol. The van der Waals surface area contributed by atoms with Gasteiger partial charge in [-0.25, -0.2) is 13.9 Å². The number of rotatable bonds is 7. The molecule has 7 nitrogen and oxygen atoms in total. The molecule has 0 radical (unpaired) electrons.